The van der Waals surface area contributed by atoms with Crippen molar-refractivity contribution in [2.45, 2.75) is 76.9 Å². The molecule has 4 atom stereocenters. The normalized spacial score (nSPS) is 25.0. The number of carbonyl (C=O) groups is 1. The highest BCUT2D eigenvalue weighted by atomic mass is 16.7. The van der Waals surface area contributed by atoms with Crippen LogP contribution in [0.4, 0.5) is 5.69 Å². The van der Waals surface area contributed by atoms with Crippen LogP contribution >= 0.6 is 0 Å². The Kier molecular flexibility index (Phi) is 8.85. The zero-order chi connectivity index (χ0) is 26.5. The molecule has 0 saturated carbocycles. The lowest BCUT2D eigenvalue weighted by atomic mass is 9.84. The first-order chi connectivity index (χ1) is 18.5. The summed E-state index contributed by atoms with van der Waals surface area (Å²) in [6, 6.07) is 10.8. The standard InChI is InChI=1S/C31H44N3O4/c1-4-5-16-34(25-9-8-15-32(3)19-25)31(35)21-33-20-27(24-11-14-29-30(18-24)38-22-37-29)23(2)28(33)13-12-26-10-6-7-17-36-26/h8-9,11,14-15,18-19,23,26-28H,4-7,10,12-13,16-17,20-22H2,1-3H3/q+1/t23-,26?,27+,28+/m1/s1. The van der Waals surface area contributed by atoms with Gasteiger partial charge in [-0.25, -0.2) is 4.57 Å². The third kappa shape index (κ3) is 6.15. The molecule has 4 heterocycles. The number of likely N-dealkylation sites (tertiary alicyclic amines) is 1. The Morgan fingerprint density at radius 2 is 2.03 bits per heavy atom. The minimum Gasteiger partial charge on any atom is -0.454 e. The van der Waals surface area contributed by atoms with Gasteiger partial charge in [0.2, 0.25) is 12.7 Å². The molecule has 2 aromatic rings. The van der Waals surface area contributed by atoms with Crippen LogP contribution in [0.15, 0.2) is 42.7 Å². The Hall–Kier alpha value is -2.64. The zero-order valence-corrected chi connectivity index (χ0v) is 23.3. The molecule has 0 bridgehead atoms. The maximum Gasteiger partial charge on any atom is 0.241 e. The summed E-state index contributed by atoms with van der Waals surface area (Å²) in [4.78, 5) is 18.3. The molecule has 206 valence electrons. The Morgan fingerprint density at radius 3 is 2.82 bits per heavy atom. The fourth-order valence-electron chi connectivity index (χ4n) is 6.43. The number of anilines is 1. The second kappa shape index (κ2) is 12.5. The average molecular weight is 523 g/mol. The van der Waals surface area contributed by atoms with E-state index in [2.05, 4.69) is 30.9 Å². The van der Waals surface area contributed by atoms with Gasteiger partial charge >= 0.3 is 0 Å². The van der Waals surface area contributed by atoms with Crippen LogP contribution in [0.3, 0.4) is 0 Å². The fourth-order valence-corrected chi connectivity index (χ4v) is 6.43. The maximum absolute atomic E-state index is 13.9. The maximum atomic E-state index is 13.9. The topological polar surface area (TPSA) is 55.1 Å². The zero-order valence-electron chi connectivity index (χ0n) is 23.3. The van der Waals surface area contributed by atoms with E-state index in [9.17, 15) is 4.79 Å². The minimum atomic E-state index is 0.183. The van der Waals surface area contributed by atoms with Crippen molar-refractivity contribution in [2.75, 3.05) is 37.9 Å². The number of unbranched alkanes of at least 4 members (excludes halogenated alkanes) is 1. The molecule has 5 rings (SSSR count). The summed E-state index contributed by atoms with van der Waals surface area (Å²) < 4.78 is 19.3. The molecule has 7 heteroatoms. The number of amides is 1. The fraction of sp³-hybridized carbons (Fsp3) is 0.613. The molecular formula is C31H44N3O4+. The predicted molar refractivity (Wildman–Crippen MR) is 148 cm³/mol. The number of benzene rings is 1. The van der Waals surface area contributed by atoms with Gasteiger partial charge in [-0.15, -0.1) is 0 Å². The van der Waals surface area contributed by atoms with Crippen LogP contribution in [-0.2, 0) is 16.6 Å². The third-order valence-corrected chi connectivity index (χ3v) is 8.64. The number of hydrogen-bond acceptors (Lipinski definition) is 5. The van der Waals surface area contributed by atoms with Crippen molar-refractivity contribution in [1.29, 1.82) is 0 Å². The second-order valence-corrected chi connectivity index (χ2v) is 11.3. The molecular weight excluding hydrogens is 478 g/mol. The van der Waals surface area contributed by atoms with Crippen LogP contribution in [0.1, 0.15) is 70.3 Å². The highest BCUT2D eigenvalue weighted by Crippen LogP contribution is 2.43. The van der Waals surface area contributed by atoms with E-state index in [4.69, 9.17) is 14.2 Å². The van der Waals surface area contributed by atoms with Crippen LogP contribution in [0.5, 0.6) is 11.5 Å². The number of ether oxygens (including phenoxy) is 3. The number of aromatic nitrogens is 1. The van der Waals surface area contributed by atoms with Gasteiger partial charge in [0.1, 0.15) is 12.7 Å². The number of aryl methyl sites for hydroxylation is 1. The van der Waals surface area contributed by atoms with Gasteiger partial charge in [0.15, 0.2) is 23.9 Å². The van der Waals surface area contributed by atoms with Gasteiger partial charge in [-0.3, -0.25) is 9.69 Å². The van der Waals surface area contributed by atoms with Crippen molar-refractivity contribution < 1.29 is 23.6 Å². The number of hydrogen-bond donors (Lipinski definition) is 0. The number of pyridine rings is 1. The van der Waals surface area contributed by atoms with Crippen molar-refractivity contribution in [1.82, 2.24) is 4.90 Å². The van der Waals surface area contributed by atoms with E-state index in [0.717, 1.165) is 69.0 Å². The van der Waals surface area contributed by atoms with E-state index < -0.39 is 0 Å². The molecule has 1 unspecified atom stereocenters. The van der Waals surface area contributed by atoms with Crippen LogP contribution in [0, 0.1) is 5.92 Å². The van der Waals surface area contributed by atoms with Crippen molar-refractivity contribution in [3.8, 4) is 11.5 Å². The molecule has 2 fully saturated rings. The third-order valence-electron chi connectivity index (χ3n) is 8.64. The predicted octanol–water partition coefficient (Wildman–Crippen LogP) is 4.83. The molecule has 1 aromatic carbocycles. The van der Waals surface area contributed by atoms with E-state index in [0.29, 0.717) is 30.5 Å². The number of nitrogens with zero attached hydrogens (tertiary/aromatic N) is 3. The molecule has 0 spiro atoms. The van der Waals surface area contributed by atoms with E-state index >= 15 is 0 Å². The van der Waals surface area contributed by atoms with Crippen molar-refractivity contribution in [3.63, 3.8) is 0 Å². The lowest BCUT2D eigenvalue weighted by molar-refractivity contribution is -0.670. The van der Waals surface area contributed by atoms with Gasteiger partial charge in [0, 0.05) is 37.7 Å². The summed E-state index contributed by atoms with van der Waals surface area (Å²) in [5.41, 5.74) is 2.24. The summed E-state index contributed by atoms with van der Waals surface area (Å²) in [6.07, 6.45) is 12.1. The summed E-state index contributed by atoms with van der Waals surface area (Å²) in [5, 5.41) is 0. The Labute approximate surface area is 227 Å². The van der Waals surface area contributed by atoms with Crippen LogP contribution in [0.2, 0.25) is 0 Å². The SMILES string of the molecule is CCCCN(C(=O)CN1C[C@H](c2ccc3c(c2)OCO3)[C@@H](C)[C@@H]1CCC1CCCCO1)c1ccc[n+](C)c1. The Balaban J connectivity index is 1.35. The summed E-state index contributed by atoms with van der Waals surface area (Å²) in [5.74, 6) is 2.60. The van der Waals surface area contributed by atoms with E-state index in [1.54, 1.807) is 0 Å². The molecule has 1 aromatic heterocycles. The molecule has 3 aliphatic rings. The Morgan fingerprint density at radius 1 is 1.16 bits per heavy atom. The van der Waals surface area contributed by atoms with Crippen LogP contribution in [-0.4, -0.2) is 56.0 Å². The summed E-state index contributed by atoms with van der Waals surface area (Å²) in [7, 11) is 2.01. The van der Waals surface area contributed by atoms with Gasteiger partial charge in [0.25, 0.3) is 0 Å². The second-order valence-electron chi connectivity index (χ2n) is 11.3. The van der Waals surface area contributed by atoms with Gasteiger partial charge in [-0.1, -0.05) is 26.3 Å². The van der Waals surface area contributed by atoms with E-state index in [1.165, 1.54) is 18.4 Å². The van der Waals surface area contributed by atoms with Gasteiger partial charge in [0.05, 0.1) is 12.6 Å². The molecule has 1 amide bonds. The Bertz CT molecular complexity index is 1090. The first-order valence-corrected chi connectivity index (χ1v) is 14.5. The van der Waals surface area contributed by atoms with E-state index in [-0.39, 0.29) is 12.7 Å². The lowest BCUT2D eigenvalue weighted by Crippen LogP contribution is -2.44. The average Bonchev–Trinajstić information content (AvgIpc) is 3.52. The minimum absolute atomic E-state index is 0.183. The molecule has 7 nitrogen and oxygen atoms in total. The van der Waals surface area contributed by atoms with Crippen molar-refractivity contribution in [2.24, 2.45) is 13.0 Å². The van der Waals surface area contributed by atoms with Crippen LogP contribution in [0.25, 0.3) is 0 Å². The highest BCUT2D eigenvalue weighted by molar-refractivity contribution is 5.94. The smallest absolute Gasteiger partial charge is 0.241 e. The molecule has 0 aliphatic carbocycles. The number of fused-ring (bicyclic) bond motifs is 1. The number of carbonyl (C=O) groups excluding carboxylic acids is 1. The summed E-state index contributed by atoms with van der Waals surface area (Å²) in [6.45, 7) is 7.75. The largest absolute Gasteiger partial charge is 0.454 e. The van der Waals surface area contributed by atoms with Crippen molar-refractivity contribution in [3.05, 3.63) is 48.3 Å². The van der Waals surface area contributed by atoms with Crippen LogP contribution < -0.4 is 18.9 Å². The molecule has 2 saturated heterocycles. The van der Waals surface area contributed by atoms with Gasteiger partial charge < -0.3 is 19.1 Å². The highest BCUT2D eigenvalue weighted by Gasteiger charge is 2.41. The summed E-state index contributed by atoms with van der Waals surface area (Å²) >= 11 is 0. The quantitative estimate of drug-likeness (QED) is 0.419. The first kappa shape index (κ1) is 26.9. The van der Waals surface area contributed by atoms with Gasteiger partial charge in [-0.05, 0) is 68.2 Å². The molecule has 0 radical (unpaired) electrons. The first-order valence-electron chi connectivity index (χ1n) is 14.5. The molecule has 3 aliphatic heterocycles. The van der Waals surface area contributed by atoms with Crippen molar-refractivity contribution >= 4 is 11.6 Å². The monoisotopic (exact) mass is 522 g/mol. The van der Waals surface area contributed by atoms with E-state index in [1.807, 2.05) is 47.1 Å². The number of rotatable bonds is 10. The molecule has 0 N–H and O–H groups in total. The molecule has 38 heavy (non-hydrogen) atoms. The lowest BCUT2D eigenvalue weighted by Gasteiger charge is -2.31. The van der Waals surface area contributed by atoms with Gasteiger partial charge in [-0.2, -0.15) is 0 Å².